The fraction of sp³-hybridized carbons (Fsp3) is 0.438. The molecule has 0 radical (unpaired) electrons. The van der Waals surface area contributed by atoms with Gasteiger partial charge < -0.3 is 15.5 Å². The Morgan fingerprint density at radius 3 is 2.48 bits per heavy atom. The maximum atomic E-state index is 10.2. The average Bonchev–Trinajstić information content (AvgIpc) is 2.75. The topological polar surface area (TPSA) is 104 Å². The van der Waals surface area contributed by atoms with Crippen LogP contribution in [0.5, 0.6) is 0 Å². The summed E-state index contributed by atoms with van der Waals surface area (Å²) in [4.78, 5) is 29.7. The zero-order valence-corrected chi connectivity index (χ0v) is 13.4. The number of Topliss-reactive ketones (excluding diaryl/α,β-unsaturated/α-hetero) is 1. The van der Waals surface area contributed by atoms with Crippen LogP contribution >= 0.6 is 11.6 Å². The van der Waals surface area contributed by atoms with Crippen LogP contribution in [-0.2, 0) is 20.8 Å². The normalized spacial score (nSPS) is 16.3. The molecule has 1 atom stereocenters. The number of hydrogen-bond acceptors (Lipinski definition) is 4. The van der Waals surface area contributed by atoms with E-state index in [0.717, 1.165) is 19.5 Å². The molecule has 23 heavy (non-hydrogen) atoms. The van der Waals surface area contributed by atoms with Gasteiger partial charge in [-0.15, -0.1) is 11.6 Å². The van der Waals surface area contributed by atoms with Gasteiger partial charge in [0.2, 0.25) is 5.78 Å². The van der Waals surface area contributed by atoms with Crippen molar-refractivity contribution in [2.24, 2.45) is 0 Å². The molecule has 0 aliphatic carbocycles. The minimum atomic E-state index is -1.58. The standard InChI is InChI=1S/C11H14ClN.C5H6O5/c12-7-10-8-13-6-5-9-3-1-2-4-11(9)10;6-3(5(9)10)1-2-4(7)8/h1-4,10,13H,5-8H2;1-2H2,(H,7,8)(H,9,10)/t10-;/m1./s1. The van der Waals surface area contributed by atoms with Crippen molar-refractivity contribution in [2.75, 3.05) is 19.0 Å². The zero-order valence-electron chi connectivity index (χ0n) is 12.6. The lowest BCUT2D eigenvalue weighted by Gasteiger charge is -2.13. The van der Waals surface area contributed by atoms with E-state index >= 15 is 0 Å². The number of aliphatic carboxylic acids is 2. The van der Waals surface area contributed by atoms with Crippen LogP contribution in [-0.4, -0.2) is 46.9 Å². The zero-order chi connectivity index (χ0) is 17.2. The number of rotatable bonds is 5. The van der Waals surface area contributed by atoms with Crippen molar-refractivity contribution in [3.8, 4) is 0 Å². The third-order valence-corrected chi connectivity index (χ3v) is 3.82. The van der Waals surface area contributed by atoms with E-state index in [1.165, 1.54) is 11.1 Å². The molecule has 1 heterocycles. The van der Waals surface area contributed by atoms with Crippen molar-refractivity contribution in [1.82, 2.24) is 5.32 Å². The van der Waals surface area contributed by atoms with Crippen molar-refractivity contribution >= 4 is 29.3 Å². The van der Waals surface area contributed by atoms with Crippen LogP contribution in [0.25, 0.3) is 0 Å². The monoisotopic (exact) mass is 341 g/mol. The number of hydrogen-bond donors (Lipinski definition) is 3. The molecule has 0 fully saturated rings. The van der Waals surface area contributed by atoms with Crippen LogP contribution in [0.15, 0.2) is 24.3 Å². The van der Waals surface area contributed by atoms with Crippen LogP contribution in [0.3, 0.4) is 0 Å². The van der Waals surface area contributed by atoms with E-state index in [0.29, 0.717) is 11.8 Å². The maximum Gasteiger partial charge on any atom is 0.372 e. The maximum absolute atomic E-state index is 10.2. The van der Waals surface area contributed by atoms with E-state index in [2.05, 4.69) is 29.6 Å². The fourth-order valence-corrected chi connectivity index (χ4v) is 2.51. The van der Waals surface area contributed by atoms with Gasteiger partial charge in [0.05, 0.1) is 6.42 Å². The van der Waals surface area contributed by atoms with Gasteiger partial charge in [-0.2, -0.15) is 0 Å². The highest BCUT2D eigenvalue weighted by Crippen LogP contribution is 2.23. The van der Waals surface area contributed by atoms with Gasteiger partial charge >= 0.3 is 11.9 Å². The predicted octanol–water partition coefficient (Wildman–Crippen LogP) is 1.66. The first-order chi connectivity index (χ1) is 11.0. The molecule has 7 heteroatoms. The molecule has 0 amide bonds. The van der Waals surface area contributed by atoms with Crippen LogP contribution in [0.2, 0.25) is 0 Å². The Morgan fingerprint density at radius 1 is 1.17 bits per heavy atom. The Bertz CT molecular complexity index is 561. The van der Waals surface area contributed by atoms with Gasteiger partial charge in [0.25, 0.3) is 0 Å². The van der Waals surface area contributed by atoms with Crippen molar-refractivity contribution in [2.45, 2.75) is 25.2 Å². The van der Waals surface area contributed by atoms with E-state index < -0.39 is 30.6 Å². The number of benzene rings is 1. The van der Waals surface area contributed by atoms with Crippen molar-refractivity contribution in [3.63, 3.8) is 0 Å². The summed E-state index contributed by atoms with van der Waals surface area (Å²) in [7, 11) is 0. The summed E-state index contributed by atoms with van der Waals surface area (Å²) in [6.07, 6.45) is 0.263. The molecule has 0 bridgehead atoms. The Hall–Kier alpha value is -1.92. The molecule has 0 saturated carbocycles. The van der Waals surface area contributed by atoms with E-state index in [9.17, 15) is 14.4 Å². The van der Waals surface area contributed by atoms with E-state index in [4.69, 9.17) is 21.8 Å². The molecule has 0 saturated heterocycles. The molecule has 3 N–H and O–H groups in total. The molecule has 1 aliphatic heterocycles. The Kier molecular flexibility index (Phi) is 8.29. The van der Waals surface area contributed by atoms with Gasteiger partial charge in [-0.25, -0.2) is 4.79 Å². The molecule has 1 aliphatic rings. The quantitative estimate of drug-likeness (QED) is 0.556. The summed E-state index contributed by atoms with van der Waals surface area (Å²) in [6, 6.07) is 8.62. The molecule has 2 rings (SSSR count). The molecule has 0 unspecified atom stereocenters. The number of halogens is 1. The molecule has 0 spiro atoms. The summed E-state index contributed by atoms with van der Waals surface area (Å²) < 4.78 is 0. The minimum absolute atomic E-state index is 0.425. The van der Waals surface area contributed by atoms with E-state index in [1.54, 1.807) is 0 Å². The highest BCUT2D eigenvalue weighted by Gasteiger charge is 2.16. The van der Waals surface area contributed by atoms with E-state index in [1.807, 2.05) is 0 Å². The Morgan fingerprint density at radius 2 is 1.87 bits per heavy atom. The van der Waals surface area contributed by atoms with Crippen LogP contribution in [0, 0.1) is 0 Å². The lowest BCUT2D eigenvalue weighted by atomic mass is 9.95. The molecule has 126 valence electrons. The van der Waals surface area contributed by atoms with Crippen LogP contribution < -0.4 is 5.32 Å². The van der Waals surface area contributed by atoms with Gasteiger partial charge in [-0.1, -0.05) is 24.3 Å². The summed E-state index contributed by atoms with van der Waals surface area (Å²) in [6.45, 7) is 2.09. The first-order valence-electron chi connectivity index (χ1n) is 7.28. The number of carboxylic acid groups (broad SMARTS) is 2. The second kappa shape index (κ2) is 9.97. The van der Waals surface area contributed by atoms with Gasteiger partial charge in [-0.3, -0.25) is 9.59 Å². The lowest BCUT2D eigenvalue weighted by Crippen LogP contribution is -2.20. The van der Waals surface area contributed by atoms with Crippen molar-refractivity contribution in [3.05, 3.63) is 35.4 Å². The first kappa shape index (κ1) is 19.1. The van der Waals surface area contributed by atoms with Gasteiger partial charge in [0, 0.05) is 24.8 Å². The SMILES string of the molecule is ClC[C@@H]1CNCCc2ccccc21.O=C(O)CCC(=O)C(=O)O. The lowest BCUT2D eigenvalue weighted by molar-refractivity contribution is -0.149. The van der Waals surface area contributed by atoms with Crippen LogP contribution in [0.4, 0.5) is 0 Å². The second-order valence-electron chi connectivity index (χ2n) is 5.13. The van der Waals surface area contributed by atoms with Crippen LogP contribution in [0.1, 0.15) is 29.9 Å². The molecule has 1 aromatic carbocycles. The number of fused-ring (bicyclic) bond motifs is 1. The highest BCUT2D eigenvalue weighted by atomic mass is 35.5. The number of carboxylic acids is 2. The third kappa shape index (κ3) is 6.80. The molecule has 0 aromatic heterocycles. The Balaban J connectivity index is 0.000000241. The average molecular weight is 342 g/mol. The third-order valence-electron chi connectivity index (χ3n) is 3.45. The largest absolute Gasteiger partial charge is 0.481 e. The first-order valence-corrected chi connectivity index (χ1v) is 7.81. The number of alkyl halides is 1. The van der Waals surface area contributed by atoms with Crippen molar-refractivity contribution in [1.29, 1.82) is 0 Å². The predicted molar refractivity (Wildman–Crippen MR) is 86.0 cm³/mol. The van der Waals surface area contributed by atoms with Gasteiger partial charge in [-0.05, 0) is 24.1 Å². The molecule has 1 aromatic rings. The Labute approximate surface area is 139 Å². The smallest absolute Gasteiger partial charge is 0.372 e. The number of ketones is 1. The van der Waals surface area contributed by atoms with Gasteiger partial charge in [0.15, 0.2) is 0 Å². The van der Waals surface area contributed by atoms with Gasteiger partial charge in [0.1, 0.15) is 0 Å². The number of carbonyl (C=O) groups excluding carboxylic acids is 1. The number of nitrogens with one attached hydrogen (secondary N) is 1. The molecular weight excluding hydrogens is 322 g/mol. The number of carbonyl (C=O) groups is 3. The highest BCUT2D eigenvalue weighted by molar-refractivity contribution is 6.32. The second-order valence-corrected chi connectivity index (χ2v) is 5.43. The summed E-state index contributed by atoms with van der Waals surface area (Å²) in [5, 5.41) is 19.4. The fourth-order valence-electron chi connectivity index (χ4n) is 2.23. The summed E-state index contributed by atoms with van der Waals surface area (Å²) in [5.74, 6) is -2.62. The van der Waals surface area contributed by atoms with E-state index in [-0.39, 0.29) is 0 Å². The minimum Gasteiger partial charge on any atom is -0.481 e. The molecular formula is C16H20ClNO5. The molecule has 6 nitrogen and oxygen atoms in total. The summed E-state index contributed by atoms with van der Waals surface area (Å²) in [5.41, 5.74) is 2.89. The van der Waals surface area contributed by atoms with Crippen molar-refractivity contribution < 1.29 is 24.6 Å². The summed E-state index contributed by atoms with van der Waals surface area (Å²) >= 11 is 5.94.